The summed E-state index contributed by atoms with van der Waals surface area (Å²) in [6.45, 7) is 0.400. The average molecular weight is 279 g/mol. The summed E-state index contributed by atoms with van der Waals surface area (Å²) in [5.74, 6) is -0.262. The van der Waals surface area contributed by atoms with Gasteiger partial charge in [0.05, 0.1) is 20.1 Å². The Hall–Kier alpha value is -2.08. The number of carboxylic acids is 1. The van der Waals surface area contributed by atoms with Gasteiger partial charge in [-0.3, -0.25) is 9.59 Å². The van der Waals surface area contributed by atoms with Crippen LogP contribution in [0.4, 0.5) is 0 Å². The van der Waals surface area contributed by atoms with Gasteiger partial charge >= 0.3 is 5.97 Å². The summed E-state index contributed by atoms with van der Waals surface area (Å²) in [7, 11) is 3.02. The van der Waals surface area contributed by atoms with E-state index in [1.165, 1.54) is 14.2 Å². The van der Waals surface area contributed by atoms with Crippen LogP contribution in [-0.2, 0) is 4.79 Å². The number of hydrogen-bond acceptors (Lipinski definition) is 5. The molecule has 1 heterocycles. The fraction of sp³-hybridized carbons (Fsp3) is 0.429. The van der Waals surface area contributed by atoms with Gasteiger partial charge in [-0.2, -0.15) is 0 Å². The molecule has 0 bridgehead atoms. The van der Waals surface area contributed by atoms with Crippen LogP contribution in [0.25, 0.3) is 0 Å². The van der Waals surface area contributed by atoms with Gasteiger partial charge in [-0.25, -0.2) is 0 Å². The van der Waals surface area contributed by atoms with Crippen LogP contribution < -0.4 is 14.8 Å². The third kappa shape index (κ3) is 2.60. The predicted molar refractivity (Wildman–Crippen MR) is 71.4 cm³/mol. The number of aliphatic carboxylic acids is 1. The Morgan fingerprint density at radius 1 is 1.40 bits per heavy atom. The molecule has 20 heavy (non-hydrogen) atoms. The van der Waals surface area contributed by atoms with Gasteiger partial charge in [-0.05, 0) is 18.6 Å². The van der Waals surface area contributed by atoms with Crippen molar-refractivity contribution < 1.29 is 24.2 Å². The molecular weight excluding hydrogens is 262 g/mol. The van der Waals surface area contributed by atoms with Crippen molar-refractivity contribution in [2.75, 3.05) is 20.8 Å². The minimum Gasteiger partial charge on any atom is -0.493 e. The fourth-order valence-electron chi connectivity index (χ4n) is 2.50. The minimum absolute atomic E-state index is 0.167. The second-order valence-electron chi connectivity index (χ2n) is 4.70. The Bertz CT molecular complexity index is 529. The molecule has 108 valence electrons. The van der Waals surface area contributed by atoms with Gasteiger partial charge < -0.3 is 19.9 Å². The van der Waals surface area contributed by atoms with E-state index in [1.54, 1.807) is 12.1 Å². The van der Waals surface area contributed by atoms with Crippen LogP contribution in [0.2, 0.25) is 0 Å². The molecule has 2 N–H and O–H groups in total. The molecule has 0 aliphatic carbocycles. The fourth-order valence-corrected chi connectivity index (χ4v) is 2.50. The third-order valence-electron chi connectivity index (χ3n) is 3.52. The van der Waals surface area contributed by atoms with Crippen molar-refractivity contribution in [2.45, 2.75) is 12.5 Å². The second kappa shape index (κ2) is 5.92. The average Bonchev–Trinajstić information content (AvgIpc) is 2.95. The first-order valence-corrected chi connectivity index (χ1v) is 6.28. The zero-order chi connectivity index (χ0) is 14.7. The van der Waals surface area contributed by atoms with Gasteiger partial charge in [-0.1, -0.05) is 0 Å². The standard InChI is InChI=1S/C14H17NO5/c1-19-12-4-8(7-16)3-10(13(12)20-2)11-5-9(6-15-11)14(17)18/h3-4,7,9,11,15H,5-6H2,1-2H3,(H,17,18). The van der Waals surface area contributed by atoms with E-state index in [9.17, 15) is 9.59 Å². The summed E-state index contributed by atoms with van der Waals surface area (Å²) in [6, 6.07) is 3.13. The number of benzene rings is 1. The lowest BCUT2D eigenvalue weighted by Crippen LogP contribution is -2.17. The number of rotatable bonds is 5. The summed E-state index contributed by atoms with van der Waals surface area (Å²) in [6.07, 6.45) is 1.19. The lowest BCUT2D eigenvalue weighted by molar-refractivity contribution is -0.141. The molecule has 0 aromatic heterocycles. The van der Waals surface area contributed by atoms with Gasteiger partial charge in [0, 0.05) is 23.7 Å². The largest absolute Gasteiger partial charge is 0.493 e. The van der Waals surface area contributed by atoms with Crippen LogP contribution in [-0.4, -0.2) is 38.1 Å². The zero-order valence-electron chi connectivity index (χ0n) is 11.4. The summed E-state index contributed by atoms with van der Waals surface area (Å²) in [5, 5.41) is 12.2. The van der Waals surface area contributed by atoms with E-state index in [4.69, 9.17) is 14.6 Å². The van der Waals surface area contributed by atoms with Crippen LogP contribution in [0.5, 0.6) is 11.5 Å². The van der Waals surface area contributed by atoms with Crippen molar-refractivity contribution in [3.63, 3.8) is 0 Å². The lowest BCUT2D eigenvalue weighted by atomic mass is 9.97. The van der Waals surface area contributed by atoms with Crippen molar-refractivity contribution in [3.05, 3.63) is 23.3 Å². The quantitative estimate of drug-likeness (QED) is 0.789. The predicted octanol–water partition coefficient (Wildman–Crippen LogP) is 1.25. The molecule has 1 saturated heterocycles. The smallest absolute Gasteiger partial charge is 0.307 e. The van der Waals surface area contributed by atoms with Crippen molar-refractivity contribution in [1.29, 1.82) is 0 Å². The van der Waals surface area contributed by atoms with E-state index >= 15 is 0 Å². The van der Waals surface area contributed by atoms with E-state index in [2.05, 4.69) is 5.32 Å². The Labute approximate surface area is 116 Å². The number of ether oxygens (including phenoxy) is 2. The van der Waals surface area contributed by atoms with Crippen LogP contribution in [0.1, 0.15) is 28.4 Å². The van der Waals surface area contributed by atoms with Crippen LogP contribution >= 0.6 is 0 Å². The van der Waals surface area contributed by atoms with Crippen LogP contribution in [0.3, 0.4) is 0 Å². The van der Waals surface area contributed by atoms with Crippen molar-refractivity contribution in [3.8, 4) is 11.5 Å². The Kier molecular flexibility index (Phi) is 4.24. The maximum absolute atomic E-state index is 11.0. The molecular formula is C14H17NO5. The van der Waals surface area contributed by atoms with Crippen LogP contribution in [0.15, 0.2) is 12.1 Å². The lowest BCUT2D eigenvalue weighted by Gasteiger charge is -2.18. The Morgan fingerprint density at radius 3 is 2.65 bits per heavy atom. The molecule has 2 unspecified atom stereocenters. The first kappa shape index (κ1) is 14.3. The minimum atomic E-state index is -0.822. The number of nitrogens with one attached hydrogen (secondary N) is 1. The van der Waals surface area contributed by atoms with E-state index in [-0.39, 0.29) is 6.04 Å². The molecule has 1 fully saturated rings. The highest BCUT2D eigenvalue weighted by Gasteiger charge is 2.32. The highest BCUT2D eigenvalue weighted by Crippen LogP contribution is 2.39. The number of carbonyl (C=O) groups excluding carboxylic acids is 1. The molecule has 0 saturated carbocycles. The maximum Gasteiger partial charge on any atom is 0.307 e. The summed E-state index contributed by atoms with van der Waals surface area (Å²) >= 11 is 0. The number of carbonyl (C=O) groups is 2. The molecule has 1 aromatic carbocycles. The van der Waals surface area contributed by atoms with Crippen molar-refractivity contribution >= 4 is 12.3 Å². The van der Waals surface area contributed by atoms with E-state index < -0.39 is 11.9 Å². The maximum atomic E-state index is 11.0. The first-order chi connectivity index (χ1) is 9.60. The molecule has 0 radical (unpaired) electrons. The van der Waals surface area contributed by atoms with E-state index in [0.29, 0.717) is 30.0 Å². The number of hydrogen-bond donors (Lipinski definition) is 2. The number of methoxy groups -OCH3 is 2. The normalized spacial score (nSPS) is 21.5. The number of carboxylic acid groups (broad SMARTS) is 1. The van der Waals surface area contributed by atoms with E-state index in [1.807, 2.05) is 0 Å². The Morgan fingerprint density at radius 2 is 2.15 bits per heavy atom. The molecule has 0 amide bonds. The molecule has 1 aliphatic heterocycles. The SMILES string of the molecule is COc1cc(C=O)cc(C2CC(C(=O)O)CN2)c1OC. The molecule has 1 aromatic rings. The second-order valence-corrected chi connectivity index (χ2v) is 4.70. The van der Waals surface area contributed by atoms with Crippen LogP contribution in [0, 0.1) is 5.92 Å². The highest BCUT2D eigenvalue weighted by molar-refractivity contribution is 5.78. The summed E-state index contributed by atoms with van der Waals surface area (Å²) in [4.78, 5) is 22.0. The first-order valence-electron chi connectivity index (χ1n) is 6.28. The Balaban J connectivity index is 2.39. The molecule has 6 heteroatoms. The van der Waals surface area contributed by atoms with E-state index in [0.717, 1.165) is 11.8 Å². The van der Waals surface area contributed by atoms with Gasteiger partial charge in [-0.15, -0.1) is 0 Å². The molecule has 2 rings (SSSR count). The van der Waals surface area contributed by atoms with Crippen molar-refractivity contribution in [1.82, 2.24) is 5.32 Å². The molecule has 0 spiro atoms. The van der Waals surface area contributed by atoms with Gasteiger partial charge in [0.2, 0.25) is 0 Å². The highest BCUT2D eigenvalue weighted by atomic mass is 16.5. The molecule has 6 nitrogen and oxygen atoms in total. The molecule has 1 aliphatic rings. The van der Waals surface area contributed by atoms with Gasteiger partial charge in [0.1, 0.15) is 6.29 Å². The molecule has 2 atom stereocenters. The summed E-state index contributed by atoms with van der Waals surface area (Å²) < 4.78 is 10.6. The summed E-state index contributed by atoms with van der Waals surface area (Å²) in [5.41, 5.74) is 1.22. The zero-order valence-corrected chi connectivity index (χ0v) is 11.4. The monoisotopic (exact) mass is 279 g/mol. The number of aldehydes is 1. The van der Waals surface area contributed by atoms with Gasteiger partial charge in [0.25, 0.3) is 0 Å². The third-order valence-corrected chi connectivity index (χ3v) is 3.52. The topological polar surface area (TPSA) is 84.9 Å². The van der Waals surface area contributed by atoms with Gasteiger partial charge in [0.15, 0.2) is 11.5 Å². The van der Waals surface area contributed by atoms with Crippen molar-refractivity contribution in [2.24, 2.45) is 5.92 Å².